The Kier molecular flexibility index (Phi) is 6.15. The van der Waals surface area contributed by atoms with Crippen LogP contribution in [0.15, 0.2) is 6.20 Å². The number of hydrogen-bond acceptors (Lipinski definition) is 6. The van der Waals surface area contributed by atoms with Gasteiger partial charge in [-0.1, -0.05) is 0 Å². The third-order valence-corrected chi connectivity index (χ3v) is 3.39. The third kappa shape index (κ3) is 5.93. The molecule has 0 spiro atoms. The molecule has 23 heavy (non-hydrogen) atoms. The maximum Gasteiger partial charge on any atom is 0.258 e. The molecule has 0 aliphatic carbocycles. The number of hydrogen-bond donors (Lipinski definition) is 1. The second-order valence-electron chi connectivity index (χ2n) is 6.36. The minimum absolute atomic E-state index is 0.0543. The zero-order chi connectivity index (χ0) is 16.9. The van der Waals surface area contributed by atoms with Crippen molar-refractivity contribution < 1.29 is 14.3 Å². The lowest BCUT2D eigenvalue weighted by atomic mass is 10.1. The molecule has 7 nitrogen and oxygen atoms in total. The second-order valence-corrected chi connectivity index (χ2v) is 6.70. The molecule has 0 unspecified atom stereocenters. The van der Waals surface area contributed by atoms with Gasteiger partial charge in [-0.15, -0.1) is 0 Å². The maximum atomic E-state index is 12.3. The molecule has 1 N–H and O–H groups in total. The molecule has 1 aliphatic rings. The summed E-state index contributed by atoms with van der Waals surface area (Å²) >= 11 is 5.82. The van der Waals surface area contributed by atoms with Crippen molar-refractivity contribution in [3.8, 4) is 5.88 Å². The fourth-order valence-corrected chi connectivity index (χ4v) is 2.24. The Balaban J connectivity index is 1.99. The molecule has 1 saturated heterocycles. The van der Waals surface area contributed by atoms with Crippen LogP contribution in [0.5, 0.6) is 5.88 Å². The molecule has 2 heterocycles. The van der Waals surface area contributed by atoms with E-state index >= 15 is 0 Å². The molecular weight excluding hydrogens is 320 g/mol. The van der Waals surface area contributed by atoms with Crippen molar-refractivity contribution in [1.82, 2.24) is 20.2 Å². The van der Waals surface area contributed by atoms with E-state index in [1.54, 1.807) is 0 Å². The van der Waals surface area contributed by atoms with Gasteiger partial charge in [-0.2, -0.15) is 4.98 Å². The number of nitrogens with one attached hydrogen (secondary N) is 1. The number of amides is 1. The molecule has 0 aromatic carbocycles. The Labute approximate surface area is 141 Å². The van der Waals surface area contributed by atoms with Crippen LogP contribution in [-0.4, -0.2) is 65.8 Å². The van der Waals surface area contributed by atoms with Gasteiger partial charge in [-0.05, 0) is 32.4 Å². The normalized spacial score (nSPS) is 16.2. The van der Waals surface area contributed by atoms with Gasteiger partial charge in [0.2, 0.25) is 11.2 Å². The summed E-state index contributed by atoms with van der Waals surface area (Å²) < 4.78 is 11.0. The van der Waals surface area contributed by atoms with Crippen LogP contribution < -0.4 is 10.1 Å². The van der Waals surface area contributed by atoms with Crippen molar-refractivity contribution in [2.45, 2.75) is 26.3 Å². The van der Waals surface area contributed by atoms with E-state index in [-0.39, 0.29) is 28.2 Å². The predicted molar refractivity (Wildman–Crippen MR) is 87.0 cm³/mol. The average molecular weight is 343 g/mol. The molecule has 1 aliphatic heterocycles. The highest BCUT2D eigenvalue weighted by atomic mass is 35.5. The Hall–Kier alpha value is -1.44. The van der Waals surface area contributed by atoms with Crippen LogP contribution in [0.3, 0.4) is 0 Å². The number of halogens is 1. The van der Waals surface area contributed by atoms with E-state index < -0.39 is 0 Å². The predicted octanol–water partition coefficient (Wildman–Crippen LogP) is 1.37. The van der Waals surface area contributed by atoms with Gasteiger partial charge in [0.15, 0.2) is 0 Å². The Morgan fingerprint density at radius 1 is 1.43 bits per heavy atom. The van der Waals surface area contributed by atoms with Crippen molar-refractivity contribution in [1.29, 1.82) is 0 Å². The van der Waals surface area contributed by atoms with Gasteiger partial charge >= 0.3 is 0 Å². The Bertz CT molecular complexity index is 542. The first kappa shape index (κ1) is 17.9. The van der Waals surface area contributed by atoms with Gasteiger partial charge in [0.1, 0.15) is 12.2 Å². The van der Waals surface area contributed by atoms with Crippen LogP contribution in [0, 0.1) is 0 Å². The molecule has 0 bridgehead atoms. The molecule has 128 valence electrons. The fraction of sp³-hybridized carbons (Fsp3) is 0.667. The summed E-state index contributed by atoms with van der Waals surface area (Å²) in [5.74, 6) is -0.0736. The van der Waals surface area contributed by atoms with E-state index in [2.05, 4.69) is 20.2 Å². The summed E-state index contributed by atoms with van der Waals surface area (Å²) in [7, 11) is 0. The number of morpholine rings is 1. The monoisotopic (exact) mass is 342 g/mol. The Morgan fingerprint density at radius 2 is 2.13 bits per heavy atom. The molecule has 0 atom stereocenters. The van der Waals surface area contributed by atoms with Crippen LogP contribution in [0.1, 0.15) is 31.1 Å². The van der Waals surface area contributed by atoms with Crippen LogP contribution >= 0.6 is 11.6 Å². The fourth-order valence-electron chi connectivity index (χ4n) is 2.12. The van der Waals surface area contributed by atoms with Crippen molar-refractivity contribution in [2.75, 3.05) is 39.5 Å². The van der Waals surface area contributed by atoms with Gasteiger partial charge in [0.25, 0.3) is 5.91 Å². The number of aromatic nitrogens is 2. The molecular formula is C15H23ClN4O3. The minimum Gasteiger partial charge on any atom is -0.476 e. The van der Waals surface area contributed by atoms with E-state index in [1.165, 1.54) is 6.20 Å². The molecule has 1 amide bonds. The minimum atomic E-state index is -0.359. The highest BCUT2D eigenvalue weighted by Crippen LogP contribution is 2.18. The van der Waals surface area contributed by atoms with E-state index in [9.17, 15) is 4.79 Å². The number of carbonyl (C=O) groups is 1. The van der Waals surface area contributed by atoms with Crippen LogP contribution in [-0.2, 0) is 4.74 Å². The standard InChI is InChI=1S/C15H23ClN4O3/c1-15(2,3)19-12(21)11-10-17-14(16)18-13(11)23-9-6-20-4-7-22-8-5-20/h10H,4-9H2,1-3H3,(H,19,21). The highest BCUT2D eigenvalue weighted by molar-refractivity contribution is 6.28. The van der Waals surface area contributed by atoms with E-state index in [0.717, 1.165) is 32.8 Å². The maximum absolute atomic E-state index is 12.3. The zero-order valence-electron chi connectivity index (χ0n) is 13.8. The van der Waals surface area contributed by atoms with Crippen molar-refractivity contribution in [3.63, 3.8) is 0 Å². The average Bonchev–Trinajstić information content (AvgIpc) is 2.46. The summed E-state index contributed by atoms with van der Waals surface area (Å²) in [5.41, 5.74) is -0.0757. The lowest BCUT2D eigenvalue weighted by molar-refractivity contribution is 0.0319. The molecule has 2 rings (SSSR count). The van der Waals surface area contributed by atoms with Gasteiger partial charge in [-0.3, -0.25) is 9.69 Å². The summed E-state index contributed by atoms with van der Waals surface area (Å²) in [6, 6.07) is 0. The summed E-state index contributed by atoms with van der Waals surface area (Å²) in [6.45, 7) is 10.1. The van der Waals surface area contributed by atoms with Gasteiger partial charge < -0.3 is 14.8 Å². The third-order valence-electron chi connectivity index (χ3n) is 3.21. The largest absolute Gasteiger partial charge is 0.476 e. The quantitative estimate of drug-likeness (QED) is 0.814. The zero-order valence-corrected chi connectivity index (χ0v) is 14.5. The van der Waals surface area contributed by atoms with E-state index in [4.69, 9.17) is 21.1 Å². The first-order valence-electron chi connectivity index (χ1n) is 7.63. The number of rotatable bonds is 5. The number of nitrogens with zero attached hydrogens (tertiary/aromatic N) is 3. The summed E-state index contributed by atoms with van der Waals surface area (Å²) in [6.07, 6.45) is 1.39. The molecule has 1 aromatic rings. The van der Waals surface area contributed by atoms with E-state index in [0.29, 0.717) is 6.61 Å². The lowest BCUT2D eigenvalue weighted by Gasteiger charge is -2.26. The first-order chi connectivity index (χ1) is 10.8. The van der Waals surface area contributed by atoms with Crippen molar-refractivity contribution >= 4 is 17.5 Å². The number of ether oxygens (including phenoxy) is 2. The van der Waals surface area contributed by atoms with Crippen LogP contribution in [0.2, 0.25) is 5.28 Å². The van der Waals surface area contributed by atoms with Gasteiger partial charge in [-0.25, -0.2) is 4.98 Å². The smallest absolute Gasteiger partial charge is 0.258 e. The van der Waals surface area contributed by atoms with E-state index in [1.807, 2.05) is 20.8 Å². The SMILES string of the molecule is CC(C)(C)NC(=O)c1cnc(Cl)nc1OCCN1CCOCC1. The molecule has 8 heteroatoms. The van der Waals surface area contributed by atoms with Crippen LogP contribution in [0.25, 0.3) is 0 Å². The van der Waals surface area contributed by atoms with Gasteiger partial charge in [0.05, 0.1) is 13.2 Å². The first-order valence-corrected chi connectivity index (χ1v) is 8.01. The van der Waals surface area contributed by atoms with Crippen LogP contribution in [0.4, 0.5) is 0 Å². The Morgan fingerprint density at radius 3 is 2.78 bits per heavy atom. The number of carbonyl (C=O) groups excluding carboxylic acids is 1. The summed E-state index contributed by atoms with van der Waals surface area (Å²) in [5, 5.41) is 2.92. The van der Waals surface area contributed by atoms with Gasteiger partial charge in [0, 0.05) is 31.4 Å². The van der Waals surface area contributed by atoms with Crippen molar-refractivity contribution in [3.05, 3.63) is 17.0 Å². The molecule has 1 fully saturated rings. The second kappa shape index (κ2) is 7.90. The van der Waals surface area contributed by atoms with Crippen molar-refractivity contribution in [2.24, 2.45) is 0 Å². The topological polar surface area (TPSA) is 76.6 Å². The molecule has 1 aromatic heterocycles. The molecule has 0 radical (unpaired) electrons. The molecule has 0 saturated carbocycles. The lowest BCUT2D eigenvalue weighted by Crippen LogP contribution is -2.41. The highest BCUT2D eigenvalue weighted by Gasteiger charge is 2.21. The summed E-state index contributed by atoms with van der Waals surface area (Å²) in [4.78, 5) is 22.5.